The van der Waals surface area contributed by atoms with Crippen molar-refractivity contribution in [3.8, 4) is 5.88 Å². The topological polar surface area (TPSA) is 89.3 Å². The Bertz CT molecular complexity index is 472. The SMILES string of the molecule is CC(C)Oc1nc(NCCNC(=O)C2CC2)ccc1N. The summed E-state index contributed by atoms with van der Waals surface area (Å²) in [5.74, 6) is 1.53. The zero-order valence-corrected chi connectivity index (χ0v) is 12.0. The smallest absolute Gasteiger partial charge is 0.239 e. The molecule has 1 saturated carbocycles. The largest absolute Gasteiger partial charge is 0.473 e. The highest BCUT2D eigenvalue weighted by molar-refractivity contribution is 5.80. The lowest BCUT2D eigenvalue weighted by molar-refractivity contribution is -0.122. The van der Waals surface area contributed by atoms with Crippen LogP contribution in [-0.2, 0) is 4.79 Å². The Labute approximate surface area is 119 Å². The second kappa shape index (κ2) is 6.45. The molecule has 1 aliphatic carbocycles. The lowest BCUT2D eigenvalue weighted by Crippen LogP contribution is -2.29. The molecule has 0 aromatic carbocycles. The number of hydrogen-bond donors (Lipinski definition) is 3. The summed E-state index contributed by atoms with van der Waals surface area (Å²) in [6, 6.07) is 3.56. The summed E-state index contributed by atoms with van der Waals surface area (Å²) < 4.78 is 5.52. The van der Waals surface area contributed by atoms with Gasteiger partial charge in [-0.25, -0.2) is 0 Å². The molecule has 0 radical (unpaired) electrons. The number of hydrogen-bond acceptors (Lipinski definition) is 5. The molecule has 0 aliphatic heterocycles. The number of nitrogen functional groups attached to an aromatic ring is 1. The summed E-state index contributed by atoms with van der Waals surface area (Å²) in [7, 11) is 0. The average Bonchev–Trinajstić information content (AvgIpc) is 3.21. The normalized spacial score (nSPS) is 14.2. The zero-order chi connectivity index (χ0) is 14.5. The molecule has 6 nitrogen and oxygen atoms in total. The lowest BCUT2D eigenvalue weighted by atomic mass is 10.3. The van der Waals surface area contributed by atoms with Gasteiger partial charge < -0.3 is 21.1 Å². The number of nitrogens with zero attached hydrogens (tertiary/aromatic N) is 1. The molecule has 1 aliphatic rings. The van der Waals surface area contributed by atoms with Crippen LogP contribution in [0.25, 0.3) is 0 Å². The van der Waals surface area contributed by atoms with Crippen LogP contribution >= 0.6 is 0 Å². The molecule has 2 rings (SSSR count). The van der Waals surface area contributed by atoms with Crippen molar-refractivity contribution in [1.29, 1.82) is 0 Å². The minimum atomic E-state index is 0.0258. The van der Waals surface area contributed by atoms with Gasteiger partial charge in [0.25, 0.3) is 0 Å². The van der Waals surface area contributed by atoms with E-state index in [1.54, 1.807) is 12.1 Å². The van der Waals surface area contributed by atoms with Crippen LogP contribution in [0.3, 0.4) is 0 Å². The van der Waals surface area contributed by atoms with E-state index in [1.165, 1.54) is 0 Å². The number of pyridine rings is 1. The first-order valence-electron chi connectivity index (χ1n) is 7.01. The van der Waals surface area contributed by atoms with E-state index in [9.17, 15) is 4.79 Å². The van der Waals surface area contributed by atoms with Gasteiger partial charge in [-0.1, -0.05) is 0 Å². The molecule has 1 amide bonds. The van der Waals surface area contributed by atoms with E-state index in [0.717, 1.165) is 12.8 Å². The number of aromatic nitrogens is 1. The number of amides is 1. The van der Waals surface area contributed by atoms with Crippen molar-refractivity contribution in [2.75, 3.05) is 24.1 Å². The second-order valence-electron chi connectivity index (χ2n) is 5.25. The van der Waals surface area contributed by atoms with Crippen molar-refractivity contribution in [1.82, 2.24) is 10.3 Å². The van der Waals surface area contributed by atoms with Crippen LogP contribution in [0.1, 0.15) is 26.7 Å². The lowest BCUT2D eigenvalue weighted by Gasteiger charge is -2.13. The number of anilines is 2. The van der Waals surface area contributed by atoms with Crippen molar-refractivity contribution in [2.45, 2.75) is 32.8 Å². The van der Waals surface area contributed by atoms with Crippen LogP contribution in [0.5, 0.6) is 5.88 Å². The van der Waals surface area contributed by atoms with Crippen LogP contribution in [0, 0.1) is 5.92 Å². The highest BCUT2D eigenvalue weighted by atomic mass is 16.5. The molecule has 4 N–H and O–H groups in total. The second-order valence-corrected chi connectivity index (χ2v) is 5.25. The van der Waals surface area contributed by atoms with Crippen LogP contribution in [0.15, 0.2) is 12.1 Å². The molecule has 0 atom stereocenters. The highest BCUT2D eigenvalue weighted by Gasteiger charge is 2.28. The Kier molecular flexibility index (Phi) is 4.65. The molecule has 0 saturated heterocycles. The van der Waals surface area contributed by atoms with E-state index in [2.05, 4.69) is 15.6 Å². The molecule has 110 valence electrons. The van der Waals surface area contributed by atoms with Gasteiger partial charge in [-0.3, -0.25) is 4.79 Å². The number of carbonyl (C=O) groups excluding carboxylic acids is 1. The first-order valence-corrected chi connectivity index (χ1v) is 7.01. The number of rotatable bonds is 7. The van der Waals surface area contributed by atoms with Crippen molar-refractivity contribution in [3.63, 3.8) is 0 Å². The monoisotopic (exact) mass is 278 g/mol. The Morgan fingerprint density at radius 3 is 2.85 bits per heavy atom. The molecule has 0 bridgehead atoms. The quantitative estimate of drug-likeness (QED) is 0.656. The summed E-state index contributed by atoms with van der Waals surface area (Å²) in [6.07, 6.45) is 2.07. The van der Waals surface area contributed by atoms with Crippen molar-refractivity contribution < 1.29 is 9.53 Å². The van der Waals surface area contributed by atoms with E-state index in [-0.39, 0.29) is 17.9 Å². The average molecular weight is 278 g/mol. The Balaban J connectivity index is 1.78. The summed E-state index contributed by atoms with van der Waals surface area (Å²) in [4.78, 5) is 15.8. The Morgan fingerprint density at radius 1 is 1.45 bits per heavy atom. The van der Waals surface area contributed by atoms with Crippen molar-refractivity contribution in [2.24, 2.45) is 5.92 Å². The first-order chi connectivity index (χ1) is 9.56. The van der Waals surface area contributed by atoms with Crippen LogP contribution in [0.4, 0.5) is 11.5 Å². The third kappa shape index (κ3) is 4.29. The maximum atomic E-state index is 11.4. The molecule has 0 unspecified atom stereocenters. The van der Waals surface area contributed by atoms with Crippen LogP contribution in [-0.4, -0.2) is 30.1 Å². The molecule has 1 aromatic heterocycles. The predicted octanol–water partition coefficient (Wildman–Crippen LogP) is 1.39. The predicted molar refractivity (Wildman–Crippen MR) is 78.6 cm³/mol. The van der Waals surface area contributed by atoms with Gasteiger partial charge in [-0.15, -0.1) is 0 Å². The number of nitrogens with one attached hydrogen (secondary N) is 2. The van der Waals surface area contributed by atoms with Gasteiger partial charge in [0.15, 0.2) is 0 Å². The maximum absolute atomic E-state index is 11.4. The van der Waals surface area contributed by atoms with Gasteiger partial charge in [0.05, 0.1) is 11.8 Å². The van der Waals surface area contributed by atoms with Gasteiger partial charge in [0.1, 0.15) is 5.82 Å². The van der Waals surface area contributed by atoms with E-state index in [1.807, 2.05) is 13.8 Å². The van der Waals surface area contributed by atoms with Gasteiger partial charge in [0.2, 0.25) is 11.8 Å². The fourth-order valence-corrected chi connectivity index (χ4v) is 1.73. The molecular formula is C14H22N4O2. The Morgan fingerprint density at radius 2 is 2.20 bits per heavy atom. The zero-order valence-electron chi connectivity index (χ0n) is 12.0. The minimum absolute atomic E-state index is 0.0258. The van der Waals surface area contributed by atoms with Crippen LogP contribution in [0.2, 0.25) is 0 Å². The van der Waals surface area contributed by atoms with E-state index in [0.29, 0.717) is 30.5 Å². The molecule has 1 aromatic rings. The number of ether oxygens (including phenoxy) is 1. The standard InChI is InChI=1S/C14H22N4O2/c1-9(2)20-14-11(15)5-6-12(18-14)16-7-8-17-13(19)10-3-4-10/h5-6,9-10H,3-4,7-8,15H2,1-2H3,(H,16,18)(H,17,19). The summed E-state index contributed by atoms with van der Waals surface area (Å²) in [5, 5.41) is 6.03. The first kappa shape index (κ1) is 14.4. The highest BCUT2D eigenvalue weighted by Crippen LogP contribution is 2.28. The molecule has 20 heavy (non-hydrogen) atoms. The molecule has 6 heteroatoms. The number of nitrogens with two attached hydrogens (primary N) is 1. The van der Waals surface area contributed by atoms with E-state index >= 15 is 0 Å². The van der Waals surface area contributed by atoms with Gasteiger partial charge in [-0.05, 0) is 38.8 Å². The molecule has 1 heterocycles. The third-order valence-corrected chi connectivity index (χ3v) is 2.92. The van der Waals surface area contributed by atoms with E-state index < -0.39 is 0 Å². The summed E-state index contributed by atoms with van der Waals surface area (Å²) in [6.45, 7) is 5.06. The molecule has 0 spiro atoms. The Hall–Kier alpha value is -1.98. The van der Waals surface area contributed by atoms with Crippen molar-refractivity contribution in [3.05, 3.63) is 12.1 Å². The molecule has 1 fully saturated rings. The van der Waals surface area contributed by atoms with Gasteiger partial charge >= 0.3 is 0 Å². The minimum Gasteiger partial charge on any atom is -0.473 e. The number of carbonyl (C=O) groups is 1. The summed E-state index contributed by atoms with van der Waals surface area (Å²) >= 11 is 0. The van der Waals surface area contributed by atoms with Gasteiger partial charge in [0, 0.05) is 19.0 Å². The fraction of sp³-hybridized carbons (Fsp3) is 0.571. The maximum Gasteiger partial charge on any atom is 0.239 e. The van der Waals surface area contributed by atoms with Gasteiger partial charge in [-0.2, -0.15) is 4.98 Å². The third-order valence-electron chi connectivity index (χ3n) is 2.92. The van der Waals surface area contributed by atoms with E-state index in [4.69, 9.17) is 10.5 Å². The molecular weight excluding hydrogens is 256 g/mol. The fourth-order valence-electron chi connectivity index (χ4n) is 1.73. The summed E-state index contributed by atoms with van der Waals surface area (Å²) in [5.41, 5.74) is 6.32. The van der Waals surface area contributed by atoms with Crippen LogP contribution < -0.4 is 21.1 Å². The van der Waals surface area contributed by atoms with Crippen molar-refractivity contribution >= 4 is 17.4 Å².